The van der Waals surface area contributed by atoms with Crippen LogP contribution in [0, 0.1) is 12.7 Å². The first-order valence-electron chi connectivity index (χ1n) is 5.65. The summed E-state index contributed by atoms with van der Waals surface area (Å²) in [5.41, 5.74) is 0.869. The van der Waals surface area contributed by atoms with Crippen molar-refractivity contribution in [1.82, 2.24) is 10.3 Å². The molecule has 0 amide bonds. The molecular weight excluding hydrogens is 251 g/mol. The van der Waals surface area contributed by atoms with E-state index in [0.717, 1.165) is 15.4 Å². The van der Waals surface area contributed by atoms with Crippen LogP contribution in [-0.4, -0.2) is 12.0 Å². The van der Waals surface area contributed by atoms with Gasteiger partial charge in [0, 0.05) is 18.8 Å². The highest BCUT2D eigenvalue weighted by Gasteiger charge is 2.03. The molecule has 0 bridgehead atoms. The van der Waals surface area contributed by atoms with E-state index in [2.05, 4.69) is 10.3 Å². The first-order valence-corrected chi connectivity index (χ1v) is 6.47. The van der Waals surface area contributed by atoms with Crippen molar-refractivity contribution in [2.24, 2.45) is 0 Å². The van der Waals surface area contributed by atoms with Crippen LogP contribution in [0.2, 0.25) is 0 Å². The Bertz CT molecular complexity index is 527. The van der Waals surface area contributed by atoms with Gasteiger partial charge in [0.25, 0.3) is 0 Å². The molecule has 5 heteroatoms. The quantitative estimate of drug-likeness (QED) is 0.903. The lowest BCUT2D eigenvalue weighted by Crippen LogP contribution is -2.05. The average molecular weight is 266 g/mol. The minimum absolute atomic E-state index is 0.279. The molecule has 0 unspecified atom stereocenters. The molecule has 1 N–H and O–H groups in total. The zero-order valence-electron chi connectivity index (χ0n) is 10.4. The van der Waals surface area contributed by atoms with Gasteiger partial charge in [0.1, 0.15) is 18.2 Å². The van der Waals surface area contributed by atoms with E-state index >= 15 is 0 Å². The van der Waals surface area contributed by atoms with Crippen LogP contribution in [0.3, 0.4) is 0 Å². The topological polar surface area (TPSA) is 34.1 Å². The Morgan fingerprint density at radius 2 is 2.22 bits per heavy atom. The summed E-state index contributed by atoms with van der Waals surface area (Å²) in [4.78, 5) is 5.18. The van der Waals surface area contributed by atoms with Crippen molar-refractivity contribution in [3.05, 3.63) is 45.7 Å². The second-order valence-electron chi connectivity index (χ2n) is 3.96. The molecule has 96 valence electrons. The molecular formula is C13H15FN2OS. The molecule has 1 aromatic heterocycles. The highest BCUT2D eigenvalue weighted by atomic mass is 32.1. The van der Waals surface area contributed by atoms with Crippen molar-refractivity contribution in [1.29, 1.82) is 0 Å². The Balaban J connectivity index is 2.04. The molecule has 0 aliphatic rings. The molecule has 0 radical (unpaired) electrons. The van der Waals surface area contributed by atoms with Gasteiger partial charge < -0.3 is 10.1 Å². The van der Waals surface area contributed by atoms with Crippen LogP contribution in [0.15, 0.2) is 24.4 Å². The number of aromatic nitrogens is 1. The predicted octanol–water partition coefficient (Wildman–Crippen LogP) is 2.89. The number of hydrogen-bond acceptors (Lipinski definition) is 4. The summed E-state index contributed by atoms with van der Waals surface area (Å²) in [5, 5.41) is 3.99. The zero-order valence-corrected chi connectivity index (χ0v) is 11.2. The lowest BCUT2D eigenvalue weighted by atomic mass is 10.2. The fraction of sp³-hybridized carbons (Fsp3) is 0.308. The van der Waals surface area contributed by atoms with E-state index in [1.54, 1.807) is 17.5 Å². The number of ether oxygens (including phenoxy) is 1. The first-order chi connectivity index (χ1) is 8.67. The third-order valence-corrected chi connectivity index (χ3v) is 3.25. The largest absolute Gasteiger partial charge is 0.488 e. The van der Waals surface area contributed by atoms with Crippen molar-refractivity contribution in [3.8, 4) is 5.75 Å². The second kappa shape index (κ2) is 5.93. The van der Waals surface area contributed by atoms with Crippen LogP contribution in [0.5, 0.6) is 5.75 Å². The minimum atomic E-state index is -0.279. The Labute approximate surface area is 110 Å². The first kappa shape index (κ1) is 13.0. The van der Waals surface area contributed by atoms with Crippen molar-refractivity contribution >= 4 is 11.3 Å². The summed E-state index contributed by atoms with van der Waals surface area (Å²) in [7, 11) is 1.82. The van der Waals surface area contributed by atoms with E-state index in [-0.39, 0.29) is 5.82 Å². The fourth-order valence-corrected chi connectivity index (χ4v) is 2.34. The molecule has 1 heterocycles. The van der Waals surface area contributed by atoms with Crippen LogP contribution < -0.4 is 10.1 Å². The van der Waals surface area contributed by atoms with Crippen LogP contribution >= 0.6 is 11.3 Å². The smallest absolute Gasteiger partial charge is 0.127 e. The van der Waals surface area contributed by atoms with Gasteiger partial charge in [-0.25, -0.2) is 9.37 Å². The third-order valence-electron chi connectivity index (χ3n) is 2.36. The zero-order chi connectivity index (χ0) is 13.0. The lowest BCUT2D eigenvalue weighted by molar-refractivity contribution is 0.307. The highest BCUT2D eigenvalue weighted by molar-refractivity contribution is 7.11. The Kier molecular flexibility index (Phi) is 4.28. The van der Waals surface area contributed by atoms with E-state index in [9.17, 15) is 4.39 Å². The molecule has 0 aliphatic heterocycles. The number of nitrogens with one attached hydrogen (secondary N) is 1. The third kappa shape index (κ3) is 3.51. The summed E-state index contributed by atoms with van der Waals surface area (Å²) < 4.78 is 18.9. The van der Waals surface area contributed by atoms with Crippen molar-refractivity contribution < 1.29 is 9.13 Å². The number of nitrogens with zero attached hydrogens (tertiary/aromatic N) is 1. The Morgan fingerprint density at radius 1 is 1.39 bits per heavy atom. The van der Waals surface area contributed by atoms with Crippen LogP contribution in [-0.2, 0) is 13.2 Å². The summed E-state index contributed by atoms with van der Waals surface area (Å²) >= 11 is 1.58. The summed E-state index contributed by atoms with van der Waals surface area (Å²) in [5.74, 6) is 0.268. The SMILES string of the molecule is CNCc1cc(F)cc(OCc2cnc(C)s2)c1. The van der Waals surface area contributed by atoms with Crippen LogP contribution in [0.25, 0.3) is 0 Å². The maximum absolute atomic E-state index is 13.4. The van der Waals surface area contributed by atoms with Gasteiger partial charge in [0.15, 0.2) is 0 Å². The summed E-state index contributed by atoms with van der Waals surface area (Å²) in [6.45, 7) is 2.99. The average Bonchev–Trinajstić information content (AvgIpc) is 2.72. The number of rotatable bonds is 5. The number of aryl methyl sites for hydroxylation is 1. The molecule has 2 aromatic rings. The molecule has 18 heavy (non-hydrogen) atoms. The molecule has 0 saturated heterocycles. The van der Waals surface area contributed by atoms with Crippen molar-refractivity contribution in [2.45, 2.75) is 20.1 Å². The van der Waals surface area contributed by atoms with Gasteiger partial charge in [-0.05, 0) is 31.7 Å². The number of thiazole rings is 1. The number of hydrogen-bond donors (Lipinski definition) is 1. The van der Waals surface area contributed by atoms with E-state index < -0.39 is 0 Å². The monoisotopic (exact) mass is 266 g/mol. The van der Waals surface area contributed by atoms with E-state index in [1.165, 1.54) is 12.1 Å². The molecule has 1 aromatic carbocycles. The maximum atomic E-state index is 13.4. The van der Waals surface area contributed by atoms with Gasteiger partial charge in [-0.3, -0.25) is 0 Å². The Hall–Kier alpha value is -1.46. The lowest BCUT2D eigenvalue weighted by Gasteiger charge is -2.07. The van der Waals surface area contributed by atoms with E-state index in [4.69, 9.17) is 4.74 Å². The van der Waals surface area contributed by atoms with Gasteiger partial charge in [0.05, 0.1) is 9.88 Å². The molecule has 2 rings (SSSR count). The maximum Gasteiger partial charge on any atom is 0.127 e. The molecule has 0 fully saturated rings. The van der Waals surface area contributed by atoms with Gasteiger partial charge in [-0.15, -0.1) is 11.3 Å². The highest BCUT2D eigenvalue weighted by Crippen LogP contribution is 2.19. The normalized spacial score (nSPS) is 10.6. The van der Waals surface area contributed by atoms with Gasteiger partial charge >= 0.3 is 0 Å². The van der Waals surface area contributed by atoms with Gasteiger partial charge in [0.2, 0.25) is 0 Å². The number of halogens is 1. The molecule has 0 aliphatic carbocycles. The van der Waals surface area contributed by atoms with Crippen molar-refractivity contribution in [2.75, 3.05) is 7.05 Å². The summed E-state index contributed by atoms with van der Waals surface area (Å²) in [6.07, 6.45) is 1.79. The van der Waals surface area contributed by atoms with E-state index in [1.807, 2.05) is 20.0 Å². The predicted molar refractivity (Wildman–Crippen MR) is 70.3 cm³/mol. The van der Waals surface area contributed by atoms with Crippen molar-refractivity contribution in [3.63, 3.8) is 0 Å². The Morgan fingerprint density at radius 3 is 2.89 bits per heavy atom. The fourth-order valence-electron chi connectivity index (χ4n) is 1.64. The van der Waals surface area contributed by atoms with Gasteiger partial charge in [-0.2, -0.15) is 0 Å². The minimum Gasteiger partial charge on any atom is -0.488 e. The van der Waals surface area contributed by atoms with Crippen LogP contribution in [0.1, 0.15) is 15.4 Å². The molecule has 0 spiro atoms. The number of benzene rings is 1. The molecule has 0 atom stereocenters. The second-order valence-corrected chi connectivity index (χ2v) is 5.28. The van der Waals surface area contributed by atoms with Gasteiger partial charge in [-0.1, -0.05) is 0 Å². The molecule has 3 nitrogen and oxygen atoms in total. The van der Waals surface area contributed by atoms with Crippen LogP contribution in [0.4, 0.5) is 4.39 Å². The molecule has 0 saturated carbocycles. The summed E-state index contributed by atoms with van der Waals surface area (Å²) in [6, 6.07) is 4.74. The van der Waals surface area contributed by atoms with E-state index in [0.29, 0.717) is 18.9 Å². The standard InChI is InChI=1S/C13H15FN2OS/c1-9-16-7-13(18-9)8-17-12-4-10(6-15-2)3-11(14)5-12/h3-5,7,15H,6,8H2,1-2H3.